The molecule has 0 spiro atoms. The molecule has 0 fully saturated rings. The number of carbonyl (C=O) groups is 3. The average molecular weight is 813 g/mol. The van der Waals surface area contributed by atoms with Gasteiger partial charge in [0.25, 0.3) is 0 Å². The van der Waals surface area contributed by atoms with E-state index in [1.807, 2.05) is 0 Å². The van der Waals surface area contributed by atoms with Crippen LogP contribution in [0, 0.1) is 0 Å². The highest BCUT2D eigenvalue weighted by molar-refractivity contribution is 5.71. The molecule has 0 radical (unpaired) electrons. The molecule has 336 valence electrons. The summed E-state index contributed by atoms with van der Waals surface area (Å²) < 4.78 is 16.7. The van der Waals surface area contributed by atoms with Gasteiger partial charge in [-0.25, -0.2) is 0 Å². The molecule has 0 aliphatic carbocycles. The van der Waals surface area contributed by atoms with Gasteiger partial charge in [-0.3, -0.25) is 14.4 Å². The molecule has 0 aromatic rings. The van der Waals surface area contributed by atoms with E-state index >= 15 is 0 Å². The zero-order valence-corrected chi connectivity index (χ0v) is 38.3. The van der Waals surface area contributed by atoms with Gasteiger partial charge in [0, 0.05) is 19.3 Å². The lowest BCUT2D eigenvalue weighted by molar-refractivity contribution is -0.167. The van der Waals surface area contributed by atoms with Gasteiger partial charge in [-0.05, 0) is 70.6 Å². The predicted octanol–water partition coefficient (Wildman–Crippen LogP) is 15.9. The van der Waals surface area contributed by atoms with E-state index in [1.54, 1.807) is 0 Å². The van der Waals surface area contributed by atoms with Crippen LogP contribution in [0.15, 0.2) is 48.6 Å². The number of esters is 3. The molecule has 0 aliphatic heterocycles. The minimum Gasteiger partial charge on any atom is -0.462 e. The van der Waals surface area contributed by atoms with Gasteiger partial charge in [0.05, 0.1) is 0 Å². The Balaban J connectivity index is 4.36. The number of hydrogen-bond acceptors (Lipinski definition) is 6. The van der Waals surface area contributed by atoms with E-state index < -0.39 is 6.10 Å². The first kappa shape index (κ1) is 55.4. The molecule has 0 aliphatic rings. The van der Waals surface area contributed by atoms with E-state index in [9.17, 15) is 14.4 Å². The first-order chi connectivity index (χ1) is 28.5. The van der Waals surface area contributed by atoms with Crippen molar-refractivity contribution in [2.45, 2.75) is 252 Å². The van der Waals surface area contributed by atoms with E-state index in [2.05, 4.69) is 69.4 Å². The summed E-state index contributed by atoms with van der Waals surface area (Å²) in [6.07, 6.45) is 55.4. The largest absolute Gasteiger partial charge is 0.462 e. The smallest absolute Gasteiger partial charge is 0.306 e. The Morgan fingerprint density at radius 1 is 0.362 bits per heavy atom. The van der Waals surface area contributed by atoms with Crippen molar-refractivity contribution < 1.29 is 28.6 Å². The number of allylic oxidation sites excluding steroid dienone is 8. The third kappa shape index (κ3) is 44.5. The van der Waals surface area contributed by atoms with Gasteiger partial charge in [-0.15, -0.1) is 0 Å². The lowest BCUT2D eigenvalue weighted by atomic mass is 10.0. The van der Waals surface area contributed by atoms with Crippen LogP contribution < -0.4 is 0 Å². The van der Waals surface area contributed by atoms with Crippen LogP contribution in [0.5, 0.6) is 0 Å². The third-order valence-electron chi connectivity index (χ3n) is 10.6. The fourth-order valence-corrected chi connectivity index (χ4v) is 6.87. The van der Waals surface area contributed by atoms with E-state index in [0.717, 1.165) is 77.0 Å². The Bertz CT molecular complexity index is 1030. The minimum atomic E-state index is -0.793. The summed E-state index contributed by atoms with van der Waals surface area (Å²) >= 11 is 0. The summed E-state index contributed by atoms with van der Waals surface area (Å²) in [7, 11) is 0. The highest BCUT2D eigenvalue weighted by Gasteiger charge is 2.19. The highest BCUT2D eigenvalue weighted by atomic mass is 16.6. The van der Waals surface area contributed by atoms with Crippen LogP contribution in [0.1, 0.15) is 245 Å². The fraction of sp³-hybridized carbons (Fsp3) is 0.788. The Hall–Kier alpha value is -2.63. The monoisotopic (exact) mass is 813 g/mol. The van der Waals surface area contributed by atoms with Crippen molar-refractivity contribution in [1.82, 2.24) is 0 Å². The molecular formula is C52H92O6. The Morgan fingerprint density at radius 2 is 0.690 bits per heavy atom. The Morgan fingerprint density at radius 3 is 1.17 bits per heavy atom. The number of rotatable bonds is 44. The molecule has 0 N–H and O–H groups in total. The molecule has 6 heteroatoms. The van der Waals surface area contributed by atoms with E-state index in [0.29, 0.717) is 19.3 Å². The van der Waals surface area contributed by atoms with Gasteiger partial charge < -0.3 is 14.2 Å². The Kier molecular flexibility index (Phi) is 44.9. The van der Waals surface area contributed by atoms with Gasteiger partial charge in [-0.1, -0.05) is 204 Å². The molecule has 0 bridgehead atoms. The molecule has 0 aromatic carbocycles. The second kappa shape index (κ2) is 47.1. The van der Waals surface area contributed by atoms with Crippen molar-refractivity contribution in [2.24, 2.45) is 0 Å². The van der Waals surface area contributed by atoms with Crippen LogP contribution in [0.2, 0.25) is 0 Å². The zero-order chi connectivity index (χ0) is 42.3. The van der Waals surface area contributed by atoms with Gasteiger partial charge in [0.2, 0.25) is 0 Å². The molecule has 0 rings (SSSR count). The topological polar surface area (TPSA) is 78.9 Å². The highest BCUT2D eigenvalue weighted by Crippen LogP contribution is 2.15. The van der Waals surface area contributed by atoms with Crippen LogP contribution in [-0.2, 0) is 28.6 Å². The average Bonchev–Trinajstić information content (AvgIpc) is 3.22. The molecule has 6 nitrogen and oxygen atoms in total. The molecular weight excluding hydrogens is 721 g/mol. The predicted molar refractivity (Wildman–Crippen MR) is 247 cm³/mol. The molecule has 0 saturated heterocycles. The van der Waals surface area contributed by atoms with Crippen molar-refractivity contribution in [3.8, 4) is 0 Å². The Labute approximate surface area is 358 Å². The fourth-order valence-electron chi connectivity index (χ4n) is 6.87. The lowest BCUT2D eigenvalue weighted by Crippen LogP contribution is -2.30. The summed E-state index contributed by atoms with van der Waals surface area (Å²) in [5, 5.41) is 0. The normalized spacial score (nSPS) is 12.4. The van der Waals surface area contributed by atoms with Crippen LogP contribution in [0.4, 0.5) is 0 Å². The number of ether oxygens (including phenoxy) is 3. The van der Waals surface area contributed by atoms with Crippen LogP contribution in [0.3, 0.4) is 0 Å². The molecule has 0 amide bonds. The summed E-state index contributed by atoms with van der Waals surface area (Å²) in [5.41, 5.74) is 0. The number of carbonyl (C=O) groups excluding carboxylic acids is 3. The second-order valence-corrected chi connectivity index (χ2v) is 16.3. The maximum Gasteiger partial charge on any atom is 0.306 e. The van der Waals surface area contributed by atoms with Gasteiger partial charge >= 0.3 is 17.9 Å². The molecule has 0 saturated carbocycles. The summed E-state index contributed by atoms with van der Waals surface area (Å²) in [6, 6.07) is 0. The zero-order valence-electron chi connectivity index (χ0n) is 38.3. The second-order valence-electron chi connectivity index (χ2n) is 16.3. The van der Waals surface area contributed by atoms with Crippen LogP contribution in [0.25, 0.3) is 0 Å². The van der Waals surface area contributed by atoms with Gasteiger partial charge in [0.1, 0.15) is 13.2 Å². The molecule has 1 unspecified atom stereocenters. The van der Waals surface area contributed by atoms with Crippen molar-refractivity contribution >= 4 is 17.9 Å². The molecule has 0 aromatic heterocycles. The summed E-state index contributed by atoms with van der Waals surface area (Å²) in [6.45, 7) is 6.45. The van der Waals surface area contributed by atoms with E-state index in [4.69, 9.17) is 14.2 Å². The number of unbranched alkanes of at least 4 members (excludes halogenated alkanes) is 25. The van der Waals surface area contributed by atoms with Crippen molar-refractivity contribution in [1.29, 1.82) is 0 Å². The first-order valence-corrected chi connectivity index (χ1v) is 24.6. The summed E-state index contributed by atoms with van der Waals surface area (Å²) in [5.74, 6) is -0.952. The third-order valence-corrected chi connectivity index (χ3v) is 10.6. The summed E-state index contributed by atoms with van der Waals surface area (Å²) in [4.78, 5) is 37.8. The maximum atomic E-state index is 12.7. The molecule has 1 atom stereocenters. The first-order valence-electron chi connectivity index (χ1n) is 24.6. The van der Waals surface area contributed by atoms with Crippen molar-refractivity contribution in [3.05, 3.63) is 48.6 Å². The van der Waals surface area contributed by atoms with Crippen LogP contribution in [-0.4, -0.2) is 37.2 Å². The van der Waals surface area contributed by atoms with E-state index in [-0.39, 0.29) is 37.5 Å². The quantitative estimate of drug-likeness (QED) is 0.0264. The standard InChI is InChI=1S/C52H92O6/c1-4-7-10-13-16-19-22-24-25-26-27-28-31-33-36-39-42-45-51(54)57-48-49(47-56-50(53)44-41-38-35-32-29-21-18-15-12-9-6-3)58-52(55)46-43-40-37-34-30-23-20-17-14-11-8-5-2/h9,12,17-18,20-21,32,35,49H,4-8,10-11,13-16,19,22-31,33-34,36-48H2,1-3H3/b12-9-,20-17-,21-18-,35-32-. The molecule has 0 heterocycles. The number of hydrogen-bond donors (Lipinski definition) is 0. The maximum absolute atomic E-state index is 12.7. The van der Waals surface area contributed by atoms with E-state index in [1.165, 1.54) is 122 Å². The minimum absolute atomic E-state index is 0.0900. The van der Waals surface area contributed by atoms with Crippen molar-refractivity contribution in [3.63, 3.8) is 0 Å². The van der Waals surface area contributed by atoms with Gasteiger partial charge in [0.15, 0.2) is 6.10 Å². The van der Waals surface area contributed by atoms with Crippen LogP contribution >= 0.6 is 0 Å². The van der Waals surface area contributed by atoms with Gasteiger partial charge in [-0.2, -0.15) is 0 Å². The SMILES string of the molecule is CC/C=C\C/C=C\C/C=C\CCCC(=O)OCC(COC(=O)CCCCCCCCCCCCCCCCCCC)OC(=O)CCCCCCC/C=C\CCCCC. The lowest BCUT2D eigenvalue weighted by Gasteiger charge is -2.18. The van der Waals surface area contributed by atoms with Crippen molar-refractivity contribution in [2.75, 3.05) is 13.2 Å². The molecule has 58 heavy (non-hydrogen) atoms.